The van der Waals surface area contributed by atoms with E-state index in [0.717, 1.165) is 41.1 Å². The number of nitrogens with one attached hydrogen (secondary N) is 1. The maximum Gasteiger partial charge on any atom is 0.266 e. The van der Waals surface area contributed by atoms with E-state index in [9.17, 15) is 4.79 Å². The zero-order valence-electron chi connectivity index (χ0n) is 16.1. The topological polar surface area (TPSA) is 64.7 Å². The molecule has 0 spiro atoms. The van der Waals surface area contributed by atoms with Crippen LogP contribution >= 0.6 is 11.3 Å². The van der Waals surface area contributed by atoms with E-state index in [4.69, 9.17) is 0 Å². The molecule has 3 heterocycles. The van der Waals surface area contributed by atoms with E-state index in [0.29, 0.717) is 11.4 Å². The molecule has 0 unspecified atom stereocenters. The number of rotatable bonds is 7. The van der Waals surface area contributed by atoms with Gasteiger partial charge in [0, 0.05) is 18.0 Å². The molecule has 7 heteroatoms. The van der Waals surface area contributed by atoms with Gasteiger partial charge >= 0.3 is 0 Å². The fourth-order valence-electron chi connectivity index (χ4n) is 3.19. The molecule has 1 N–H and O–H groups in total. The van der Waals surface area contributed by atoms with Gasteiger partial charge in [0.05, 0.1) is 23.3 Å². The van der Waals surface area contributed by atoms with Crippen molar-refractivity contribution in [2.24, 2.45) is 0 Å². The standard InChI is InChI=1S/C21H23N5OS/c1-3-4-12-25-19(10-11-22-25)23-20(27)18-13-17-15(2)24-26(21(17)28-18)14-16-8-6-5-7-9-16/h5-11,13H,3-4,12,14H2,1-2H3,(H,23,27). The summed E-state index contributed by atoms with van der Waals surface area (Å²) in [4.78, 5) is 14.5. The van der Waals surface area contributed by atoms with Crippen LogP contribution in [0.25, 0.3) is 10.2 Å². The molecule has 1 amide bonds. The Bertz CT molecular complexity index is 1090. The quantitative estimate of drug-likeness (QED) is 0.495. The number of anilines is 1. The van der Waals surface area contributed by atoms with Crippen LogP contribution in [0.5, 0.6) is 0 Å². The van der Waals surface area contributed by atoms with Crippen LogP contribution in [0.2, 0.25) is 0 Å². The first-order valence-corrected chi connectivity index (χ1v) is 10.3. The number of amides is 1. The van der Waals surface area contributed by atoms with Gasteiger partial charge in [0.25, 0.3) is 5.91 Å². The average Bonchev–Trinajstić information content (AvgIpc) is 3.39. The first-order valence-electron chi connectivity index (χ1n) is 9.49. The minimum atomic E-state index is -0.106. The van der Waals surface area contributed by atoms with Gasteiger partial charge in [-0.1, -0.05) is 43.7 Å². The summed E-state index contributed by atoms with van der Waals surface area (Å²) in [7, 11) is 0. The van der Waals surface area contributed by atoms with Crippen LogP contribution in [0.4, 0.5) is 5.82 Å². The lowest BCUT2D eigenvalue weighted by Crippen LogP contribution is -2.14. The fourth-order valence-corrected chi connectivity index (χ4v) is 4.25. The highest BCUT2D eigenvalue weighted by atomic mass is 32.1. The summed E-state index contributed by atoms with van der Waals surface area (Å²) in [5.41, 5.74) is 2.13. The SMILES string of the molecule is CCCCn1nccc1NC(=O)c1cc2c(C)nn(Cc3ccccc3)c2s1. The molecule has 0 saturated carbocycles. The summed E-state index contributed by atoms with van der Waals surface area (Å²) < 4.78 is 3.82. The minimum absolute atomic E-state index is 0.106. The maximum atomic E-state index is 12.8. The van der Waals surface area contributed by atoms with Crippen LogP contribution < -0.4 is 5.32 Å². The number of aromatic nitrogens is 4. The van der Waals surface area contributed by atoms with E-state index in [1.54, 1.807) is 6.20 Å². The summed E-state index contributed by atoms with van der Waals surface area (Å²) >= 11 is 1.48. The van der Waals surface area contributed by atoms with Gasteiger partial charge in [0.1, 0.15) is 10.6 Å². The number of benzene rings is 1. The molecule has 0 atom stereocenters. The monoisotopic (exact) mass is 393 g/mol. The Balaban J connectivity index is 1.57. The van der Waals surface area contributed by atoms with Crippen molar-refractivity contribution in [3.63, 3.8) is 0 Å². The summed E-state index contributed by atoms with van der Waals surface area (Å²) in [6.07, 6.45) is 3.83. The molecule has 0 aliphatic heterocycles. The molecule has 4 aromatic rings. The maximum absolute atomic E-state index is 12.8. The molecule has 1 aromatic carbocycles. The van der Waals surface area contributed by atoms with E-state index in [2.05, 4.69) is 34.6 Å². The largest absolute Gasteiger partial charge is 0.306 e. The number of aryl methyl sites for hydroxylation is 2. The Morgan fingerprint density at radius 2 is 2.00 bits per heavy atom. The molecule has 0 bridgehead atoms. The molecule has 144 valence electrons. The molecule has 6 nitrogen and oxygen atoms in total. The van der Waals surface area contributed by atoms with E-state index < -0.39 is 0 Å². The molecule has 0 saturated heterocycles. The number of unbranched alkanes of at least 4 members (excludes halogenated alkanes) is 1. The Morgan fingerprint density at radius 1 is 1.18 bits per heavy atom. The van der Waals surface area contributed by atoms with Crippen molar-refractivity contribution >= 4 is 33.3 Å². The van der Waals surface area contributed by atoms with Crippen molar-refractivity contribution in [2.45, 2.75) is 39.8 Å². The first-order chi connectivity index (χ1) is 13.7. The number of fused-ring (bicyclic) bond motifs is 1. The fraction of sp³-hybridized carbons (Fsp3) is 0.286. The summed E-state index contributed by atoms with van der Waals surface area (Å²) in [5, 5.41) is 13.0. The predicted molar refractivity (Wildman–Crippen MR) is 113 cm³/mol. The van der Waals surface area contributed by atoms with Crippen molar-refractivity contribution in [1.82, 2.24) is 19.6 Å². The molecule has 0 aliphatic carbocycles. The van der Waals surface area contributed by atoms with Gasteiger partial charge in [0.15, 0.2) is 0 Å². The molecule has 0 aliphatic rings. The van der Waals surface area contributed by atoms with Crippen LogP contribution in [0.15, 0.2) is 48.7 Å². The van der Waals surface area contributed by atoms with Gasteiger partial charge in [-0.15, -0.1) is 11.3 Å². The predicted octanol–water partition coefficient (Wildman–Crippen LogP) is 4.70. The smallest absolute Gasteiger partial charge is 0.266 e. The molecule has 0 radical (unpaired) electrons. The third-order valence-electron chi connectivity index (χ3n) is 4.69. The summed E-state index contributed by atoms with van der Waals surface area (Å²) in [6.45, 7) is 5.62. The van der Waals surface area contributed by atoms with E-state index in [-0.39, 0.29) is 5.91 Å². The van der Waals surface area contributed by atoms with Crippen molar-refractivity contribution < 1.29 is 4.79 Å². The Labute approximate surface area is 167 Å². The average molecular weight is 394 g/mol. The second-order valence-corrected chi connectivity index (χ2v) is 7.84. The molecular formula is C21H23N5OS. The van der Waals surface area contributed by atoms with Gasteiger partial charge in [-0.25, -0.2) is 4.68 Å². The Morgan fingerprint density at radius 3 is 2.79 bits per heavy atom. The third kappa shape index (κ3) is 3.71. The highest BCUT2D eigenvalue weighted by molar-refractivity contribution is 7.20. The molecule has 28 heavy (non-hydrogen) atoms. The van der Waals surface area contributed by atoms with Gasteiger partial charge in [-0.3, -0.25) is 9.48 Å². The van der Waals surface area contributed by atoms with Crippen LogP contribution in [-0.4, -0.2) is 25.5 Å². The highest BCUT2D eigenvalue weighted by Crippen LogP contribution is 2.29. The number of carbonyl (C=O) groups is 1. The Hall–Kier alpha value is -2.93. The Kier molecular flexibility index (Phi) is 5.25. The van der Waals surface area contributed by atoms with Gasteiger partial charge in [-0.05, 0) is 25.0 Å². The number of nitrogens with zero attached hydrogens (tertiary/aromatic N) is 4. The number of carbonyl (C=O) groups excluding carboxylic acids is 1. The lowest BCUT2D eigenvalue weighted by atomic mass is 10.2. The third-order valence-corrected chi connectivity index (χ3v) is 5.84. The lowest BCUT2D eigenvalue weighted by Gasteiger charge is -2.07. The van der Waals surface area contributed by atoms with Gasteiger partial charge in [0.2, 0.25) is 0 Å². The van der Waals surface area contributed by atoms with E-state index >= 15 is 0 Å². The lowest BCUT2D eigenvalue weighted by molar-refractivity contribution is 0.102. The number of hydrogen-bond donors (Lipinski definition) is 1. The van der Waals surface area contributed by atoms with E-state index in [1.807, 2.05) is 46.6 Å². The van der Waals surface area contributed by atoms with E-state index in [1.165, 1.54) is 16.9 Å². The first kappa shape index (κ1) is 18.4. The highest BCUT2D eigenvalue weighted by Gasteiger charge is 2.17. The zero-order valence-corrected chi connectivity index (χ0v) is 16.9. The minimum Gasteiger partial charge on any atom is -0.306 e. The number of hydrogen-bond acceptors (Lipinski definition) is 4. The van der Waals surface area contributed by atoms with Crippen LogP contribution in [-0.2, 0) is 13.1 Å². The van der Waals surface area contributed by atoms with Crippen molar-refractivity contribution in [3.05, 3.63) is 64.8 Å². The van der Waals surface area contributed by atoms with Crippen molar-refractivity contribution in [1.29, 1.82) is 0 Å². The summed E-state index contributed by atoms with van der Waals surface area (Å²) in [5.74, 6) is 0.628. The second kappa shape index (κ2) is 7.98. The van der Waals surface area contributed by atoms with Crippen LogP contribution in [0, 0.1) is 6.92 Å². The van der Waals surface area contributed by atoms with Crippen molar-refractivity contribution in [2.75, 3.05) is 5.32 Å². The summed E-state index contributed by atoms with van der Waals surface area (Å²) in [6, 6.07) is 14.0. The van der Waals surface area contributed by atoms with Crippen molar-refractivity contribution in [3.8, 4) is 0 Å². The van der Waals surface area contributed by atoms with Gasteiger partial charge in [-0.2, -0.15) is 10.2 Å². The molecule has 4 rings (SSSR count). The van der Waals surface area contributed by atoms with Gasteiger partial charge < -0.3 is 5.32 Å². The molecule has 3 aromatic heterocycles. The molecular weight excluding hydrogens is 370 g/mol. The van der Waals surface area contributed by atoms with Crippen LogP contribution in [0.1, 0.15) is 40.7 Å². The molecule has 0 fully saturated rings. The second-order valence-electron chi connectivity index (χ2n) is 6.81. The normalized spacial score (nSPS) is 11.2. The number of thiophene rings is 1. The zero-order chi connectivity index (χ0) is 19.5. The van der Waals surface area contributed by atoms with Crippen LogP contribution in [0.3, 0.4) is 0 Å².